The molecule has 3 unspecified atom stereocenters. The van der Waals surface area contributed by atoms with E-state index < -0.39 is 23.4 Å². The highest BCUT2D eigenvalue weighted by Crippen LogP contribution is 2.32. The number of anilines is 8. The zero-order valence-corrected chi connectivity index (χ0v) is 69.8. The lowest BCUT2D eigenvalue weighted by Gasteiger charge is -2.32. The fourth-order valence-corrected chi connectivity index (χ4v) is 14.4. The first-order valence-electron chi connectivity index (χ1n) is 40.4. The second-order valence-corrected chi connectivity index (χ2v) is 32.9. The summed E-state index contributed by atoms with van der Waals surface area (Å²) in [4.78, 5) is 135. The van der Waals surface area contributed by atoms with E-state index in [1.165, 1.54) is 43.5 Å². The van der Waals surface area contributed by atoms with E-state index in [0.717, 1.165) is 123 Å². The van der Waals surface area contributed by atoms with Gasteiger partial charge in [0.05, 0.1) is 43.9 Å². The summed E-state index contributed by atoms with van der Waals surface area (Å²) in [6, 6.07) is 16.2. The van der Waals surface area contributed by atoms with Crippen molar-refractivity contribution in [2.24, 2.45) is 0 Å². The van der Waals surface area contributed by atoms with Gasteiger partial charge in [0, 0.05) is 114 Å². The highest BCUT2D eigenvalue weighted by Gasteiger charge is 2.34. The molecule has 0 bridgehead atoms. The molecule has 3 atom stereocenters. The zero-order valence-electron chi connectivity index (χ0n) is 69.1. The minimum Gasteiger partial charge on any atom is -0.443 e. The standard InChI is InChI=1S/C29H37N9O4.C24H29N9O2.C16H20ClN5O3.C13H18N4O/c1-29(2,3)42-28(41)35(5)24-16-23(34-25-21(17-31-38(24)25)26(39)32-19-10-11-19)33-22-9-7-14-37(27(22)40)20-8-6-13-36(18-20)15-12-30-4;1-25-9-12-31-10-3-5-17(15-31)32-11-4-6-19(24(32)35)29-20-13-21(26-2)33-22(30-20)18(14-27-33)23(34)28-16-7-8-16;1-16(2,3)25-15(24)21(4)12-7-11(17)20-13-10(8-18-22(12)13)14(23)19-9-5-6-9;1-15-6-9-16-7-2-4-11(10-16)17-8-3-5-12(14)13(17)18/h7,9,14,16-17,19-20H,6,8,10-13,15,18H2,1-3,5H3,(H,32,39)(H,33,34);4,6,11,13-14,16-17,26H,3,5,7-10,12,15H2,2H3,(H,28,34)(H,29,30);7-9H,5-6H2,1-4H3,(H,19,23);3,5,8,11H,2,4,6-7,9-10,14H2. The summed E-state index contributed by atoms with van der Waals surface area (Å²) in [6.45, 7) is 40.4. The fourth-order valence-electron chi connectivity index (χ4n) is 14.2. The Morgan fingerprint density at radius 1 is 0.517 bits per heavy atom. The second kappa shape index (κ2) is 38.5. The number of hydrogen-bond acceptors (Lipinski definition) is 23. The number of nitrogens with one attached hydrogen (secondary N) is 6. The molecule has 0 aromatic carbocycles. The number of carbonyl (C=O) groups is 5. The summed E-state index contributed by atoms with van der Waals surface area (Å²) in [5, 5.41) is 31.2. The molecule has 3 aliphatic carbocycles. The molecule has 3 aliphatic heterocycles. The number of pyridine rings is 3. The quantitative estimate of drug-likeness (QED) is 0.0245. The number of aromatic nitrogens is 12. The molecule has 0 spiro atoms. The van der Waals surface area contributed by atoms with Crippen molar-refractivity contribution in [3.63, 3.8) is 0 Å². The Bertz CT molecular complexity index is 5550. The summed E-state index contributed by atoms with van der Waals surface area (Å²) in [7, 11) is 4.86. The number of amides is 5. The number of carbonyl (C=O) groups excluding carboxylic acids is 5. The Morgan fingerprint density at radius 3 is 1.26 bits per heavy atom. The van der Waals surface area contributed by atoms with Gasteiger partial charge in [0.2, 0.25) is 19.6 Å². The van der Waals surface area contributed by atoms with Crippen LogP contribution in [0.2, 0.25) is 5.15 Å². The number of fused-ring (bicyclic) bond motifs is 3. The summed E-state index contributed by atoms with van der Waals surface area (Å²) in [6.07, 6.45) is 20.2. The first-order valence-corrected chi connectivity index (χ1v) is 40.8. The normalized spacial score (nSPS) is 17.5. The molecule has 6 fully saturated rings. The Balaban J connectivity index is 0.000000153. The second-order valence-electron chi connectivity index (χ2n) is 32.5. The number of nitrogens with two attached hydrogens (primary N) is 1. The molecule has 38 heteroatoms. The van der Waals surface area contributed by atoms with Gasteiger partial charge in [-0.05, 0) is 175 Å². The average Bonchev–Trinajstić information content (AvgIpc) is 1.63. The van der Waals surface area contributed by atoms with Crippen LogP contribution >= 0.6 is 11.6 Å². The molecule has 3 saturated heterocycles. The summed E-state index contributed by atoms with van der Waals surface area (Å²) < 4.78 is 20.6. The maximum atomic E-state index is 13.6. The van der Waals surface area contributed by atoms with Gasteiger partial charge in [-0.1, -0.05) is 11.6 Å². The van der Waals surface area contributed by atoms with E-state index in [1.54, 1.807) is 123 Å². The van der Waals surface area contributed by atoms with E-state index in [-0.39, 0.29) is 98.5 Å². The molecule has 37 nitrogen and oxygen atoms in total. The number of nitrogen functional groups attached to an aromatic ring is 1. The van der Waals surface area contributed by atoms with Crippen LogP contribution in [0.15, 0.2) is 106 Å². The number of nitrogens with zero attached hydrogens (tertiary/aromatic N) is 20. The van der Waals surface area contributed by atoms with Crippen LogP contribution in [0.4, 0.5) is 55.7 Å². The highest BCUT2D eigenvalue weighted by molar-refractivity contribution is 6.30. The molecule has 5 amide bonds. The molecule has 634 valence electrons. The van der Waals surface area contributed by atoms with Gasteiger partial charge >= 0.3 is 12.2 Å². The SMILES string of the molecule is CN(C(=O)OC(C)(C)C)c1cc(Cl)nc2c(C(=O)NC3CC3)cnn12.[C-]#[N+]CCN1CCCC(n2cccc(N)c2=O)C1.[C-]#[N+]CCN1CCCC(n2cccc(Nc3cc(N(C)C(=O)OC(C)(C)C)n4ncc(C(=O)NC5CC5)c4n3)c2=O)C1.[C-]#[N+]CCN1CCCC(n2cccc(Nc3cc(NC)n4ncc(C(=O)NC5CC5)c4n3)c2=O)C1. The van der Waals surface area contributed by atoms with Crippen molar-refractivity contribution in [1.82, 2.24) is 88.1 Å². The number of halogens is 1. The van der Waals surface area contributed by atoms with E-state index in [9.17, 15) is 38.4 Å². The number of piperidine rings is 3. The Labute approximate surface area is 699 Å². The maximum Gasteiger partial charge on any atom is 0.415 e. The minimum absolute atomic E-state index is 0.0180. The number of likely N-dealkylation sites (tertiary alicyclic amines) is 3. The molecule has 0 radical (unpaired) electrons. The molecule has 8 N–H and O–H groups in total. The largest absolute Gasteiger partial charge is 0.443 e. The monoisotopic (exact) mass is 1660 g/mol. The van der Waals surface area contributed by atoms with Crippen LogP contribution in [0, 0.1) is 19.7 Å². The van der Waals surface area contributed by atoms with Crippen molar-refractivity contribution in [2.45, 2.75) is 166 Å². The third-order valence-electron chi connectivity index (χ3n) is 20.8. The molecular formula is C82H104ClN27O10. The number of hydrogen-bond donors (Lipinski definition) is 7. The minimum atomic E-state index is -0.724. The maximum absolute atomic E-state index is 13.6. The fraction of sp³-hybridized carbons (Fsp3) is 0.500. The number of ether oxygens (including phenoxy) is 2. The van der Waals surface area contributed by atoms with E-state index in [2.05, 4.69) is 91.4 Å². The third kappa shape index (κ3) is 22.3. The van der Waals surface area contributed by atoms with Gasteiger partial charge in [0.1, 0.15) is 73.5 Å². The van der Waals surface area contributed by atoms with E-state index in [4.69, 9.17) is 46.5 Å². The van der Waals surface area contributed by atoms with Gasteiger partial charge in [0.25, 0.3) is 34.4 Å². The van der Waals surface area contributed by atoms with Crippen molar-refractivity contribution >= 4 is 105 Å². The van der Waals surface area contributed by atoms with Crippen LogP contribution in [0.1, 0.15) is 168 Å². The summed E-state index contributed by atoms with van der Waals surface area (Å²) in [5.74, 6) is 1.27. The third-order valence-corrected chi connectivity index (χ3v) is 21.0. The van der Waals surface area contributed by atoms with Gasteiger partial charge in [-0.2, -0.15) is 28.8 Å². The lowest BCUT2D eigenvalue weighted by atomic mass is 10.1. The average molecular weight is 1660 g/mol. The summed E-state index contributed by atoms with van der Waals surface area (Å²) in [5.41, 5.74) is 6.78. The molecule has 9 aromatic rings. The molecule has 3 saturated carbocycles. The van der Waals surface area contributed by atoms with Gasteiger partial charge in [0.15, 0.2) is 16.9 Å². The summed E-state index contributed by atoms with van der Waals surface area (Å²) >= 11 is 6.09. The van der Waals surface area contributed by atoms with Crippen LogP contribution < -0.4 is 64.1 Å². The Hall–Kier alpha value is -12.5. The molecular weight excluding hydrogens is 1560 g/mol. The van der Waals surface area contributed by atoms with Gasteiger partial charge in [-0.25, -0.2) is 44.3 Å². The van der Waals surface area contributed by atoms with Crippen molar-refractivity contribution in [2.75, 3.05) is 131 Å². The van der Waals surface area contributed by atoms with Crippen LogP contribution in [0.25, 0.3) is 31.5 Å². The van der Waals surface area contributed by atoms with E-state index in [0.29, 0.717) is 89.8 Å². The predicted octanol–water partition coefficient (Wildman–Crippen LogP) is 9.21. The van der Waals surface area contributed by atoms with Crippen molar-refractivity contribution in [1.29, 1.82) is 0 Å². The highest BCUT2D eigenvalue weighted by atomic mass is 35.5. The van der Waals surface area contributed by atoms with E-state index >= 15 is 0 Å². The van der Waals surface area contributed by atoms with Crippen LogP contribution in [-0.4, -0.2) is 231 Å². The Morgan fingerprint density at radius 2 is 0.875 bits per heavy atom. The molecule has 12 heterocycles. The van der Waals surface area contributed by atoms with Crippen molar-refractivity contribution < 1.29 is 33.4 Å². The lowest BCUT2D eigenvalue weighted by Crippen LogP contribution is -2.40. The van der Waals surface area contributed by atoms with Gasteiger partial charge < -0.3 is 75.3 Å². The Kier molecular flexibility index (Phi) is 27.8. The van der Waals surface area contributed by atoms with Gasteiger partial charge in [-0.3, -0.25) is 53.3 Å². The van der Waals surface area contributed by atoms with Gasteiger partial charge in [-0.15, -0.1) is 0 Å². The van der Waals surface area contributed by atoms with E-state index in [1.807, 2.05) is 24.5 Å². The molecule has 120 heavy (non-hydrogen) atoms. The van der Waals surface area contributed by atoms with Crippen LogP contribution in [0.3, 0.4) is 0 Å². The number of rotatable bonds is 22. The van der Waals surface area contributed by atoms with Crippen molar-refractivity contribution in [3.8, 4) is 0 Å². The molecule has 6 aliphatic rings. The zero-order chi connectivity index (χ0) is 85.7. The molecule has 9 aromatic heterocycles. The van der Waals surface area contributed by atoms with Crippen molar-refractivity contribution in [3.05, 3.63) is 179 Å². The topological polar surface area (TPSA) is 388 Å². The smallest absolute Gasteiger partial charge is 0.415 e. The van der Waals surface area contributed by atoms with Crippen LogP contribution in [-0.2, 0) is 9.47 Å². The first-order chi connectivity index (χ1) is 57.5. The predicted molar refractivity (Wildman–Crippen MR) is 456 cm³/mol. The van der Waals surface area contributed by atoms with Crippen LogP contribution in [0.5, 0.6) is 0 Å². The molecule has 15 rings (SSSR count). The lowest BCUT2D eigenvalue weighted by molar-refractivity contribution is 0.0577. The first kappa shape index (κ1) is 86.8.